The lowest BCUT2D eigenvalue weighted by Crippen LogP contribution is -2.50. The first kappa shape index (κ1) is 18.6. The van der Waals surface area contributed by atoms with Gasteiger partial charge < -0.3 is 9.84 Å². The molecule has 2 fully saturated rings. The first-order valence-corrected chi connectivity index (χ1v) is 10.3. The van der Waals surface area contributed by atoms with Crippen LogP contribution in [0.2, 0.25) is 0 Å². The largest absolute Gasteiger partial charge is 0.427 e. The SMILES string of the molecule is CC#CCC1(O)CCC2C3CCc4cc(OC(C)=O)ccc4C3CCC21C. The van der Waals surface area contributed by atoms with Gasteiger partial charge in [-0.15, -0.1) is 11.8 Å². The molecule has 0 radical (unpaired) electrons. The third-order valence-corrected chi connectivity index (χ3v) is 7.84. The van der Waals surface area contributed by atoms with Gasteiger partial charge in [0.25, 0.3) is 0 Å². The lowest BCUT2D eigenvalue weighted by Gasteiger charge is -2.53. The smallest absolute Gasteiger partial charge is 0.308 e. The first-order valence-electron chi connectivity index (χ1n) is 10.3. The molecular weight excluding hydrogens is 336 g/mol. The molecule has 4 rings (SSSR count). The number of hydrogen-bond acceptors (Lipinski definition) is 3. The van der Waals surface area contributed by atoms with Gasteiger partial charge in [0.1, 0.15) is 5.75 Å². The molecule has 3 heteroatoms. The van der Waals surface area contributed by atoms with Crippen molar-refractivity contribution in [3.05, 3.63) is 29.3 Å². The predicted molar refractivity (Wildman–Crippen MR) is 105 cm³/mol. The molecule has 144 valence electrons. The molecule has 1 aromatic rings. The lowest BCUT2D eigenvalue weighted by molar-refractivity contribution is -0.131. The number of carbonyl (C=O) groups is 1. The maximum Gasteiger partial charge on any atom is 0.308 e. The highest BCUT2D eigenvalue weighted by Gasteiger charge is 2.61. The molecule has 0 bridgehead atoms. The van der Waals surface area contributed by atoms with E-state index >= 15 is 0 Å². The highest BCUT2D eigenvalue weighted by atomic mass is 16.5. The molecule has 0 saturated heterocycles. The Morgan fingerprint density at radius 2 is 2.11 bits per heavy atom. The average molecular weight is 367 g/mol. The monoisotopic (exact) mass is 366 g/mol. The standard InChI is InChI=1S/C24H30O3/c1-4-5-12-24(26)14-11-22-21-8-6-17-15-18(27-16(2)25)7-9-19(17)20(21)10-13-23(22,24)3/h7,9,15,20-22,26H,6,8,10-14H2,1-3H3. The maximum atomic E-state index is 11.4. The van der Waals surface area contributed by atoms with Crippen molar-refractivity contribution in [1.29, 1.82) is 0 Å². The summed E-state index contributed by atoms with van der Waals surface area (Å²) >= 11 is 0. The van der Waals surface area contributed by atoms with E-state index in [-0.39, 0.29) is 11.4 Å². The second kappa shape index (κ2) is 6.67. The van der Waals surface area contributed by atoms with Gasteiger partial charge in [0, 0.05) is 18.8 Å². The van der Waals surface area contributed by atoms with Crippen LogP contribution in [0.25, 0.3) is 0 Å². The van der Waals surface area contributed by atoms with E-state index in [1.807, 2.05) is 13.0 Å². The quantitative estimate of drug-likeness (QED) is 0.472. The number of aryl methyl sites for hydroxylation is 1. The van der Waals surface area contributed by atoms with Crippen molar-refractivity contribution in [2.75, 3.05) is 0 Å². The van der Waals surface area contributed by atoms with Crippen molar-refractivity contribution in [3.8, 4) is 17.6 Å². The zero-order chi connectivity index (χ0) is 19.2. The highest BCUT2D eigenvalue weighted by molar-refractivity contribution is 5.69. The zero-order valence-corrected chi connectivity index (χ0v) is 16.7. The van der Waals surface area contributed by atoms with Crippen LogP contribution in [0.15, 0.2) is 18.2 Å². The zero-order valence-electron chi connectivity index (χ0n) is 16.7. The van der Waals surface area contributed by atoms with Crippen LogP contribution in [-0.4, -0.2) is 16.7 Å². The first-order chi connectivity index (χ1) is 12.9. The van der Waals surface area contributed by atoms with E-state index in [2.05, 4.69) is 30.9 Å². The molecule has 5 unspecified atom stereocenters. The van der Waals surface area contributed by atoms with E-state index in [4.69, 9.17) is 4.74 Å². The van der Waals surface area contributed by atoms with Crippen LogP contribution in [0.4, 0.5) is 0 Å². The van der Waals surface area contributed by atoms with Crippen LogP contribution < -0.4 is 4.74 Å². The number of benzene rings is 1. The number of hydrogen-bond donors (Lipinski definition) is 1. The van der Waals surface area contributed by atoms with Crippen LogP contribution in [0.3, 0.4) is 0 Å². The highest BCUT2D eigenvalue weighted by Crippen LogP contribution is 2.65. The molecule has 3 aliphatic carbocycles. The normalized spacial score (nSPS) is 36.7. The summed E-state index contributed by atoms with van der Waals surface area (Å²) in [5.41, 5.74) is 2.12. The third-order valence-electron chi connectivity index (χ3n) is 7.84. The summed E-state index contributed by atoms with van der Waals surface area (Å²) in [6.45, 7) is 5.62. The van der Waals surface area contributed by atoms with E-state index in [0.29, 0.717) is 29.9 Å². The topological polar surface area (TPSA) is 46.5 Å². The van der Waals surface area contributed by atoms with E-state index in [1.54, 1.807) is 0 Å². The summed E-state index contributed by atoms with van der Waals surface area (Å²) in [5.74, 6) is 8.30. The Bertz CT molecular complexity index is 817. The van der Waals surface area contributed by atoms with E-state index in [1.165, 1.54) is 18.1 Å². The van der Waals surface area contributed by atoms with Crippen LogP contribution >= 0.6 is 0 Å². The summed E-state index contributed by atoms with van der Waals surface area (Å²) in [5, 5.41) is 11.4. The van der Waals surface area contributed by atoms with Gasteiger partial charge in [-0.2, -0.15) is 0 Å². The van der Waals surface area contributed by atoms with Crippen LogP contribution in [0, 0.1) is 29.1 Å². The Morgan fingerprint density at radius 1 is 1.30 bits per heavy atom. The van der Waals surface area contributed by atoms with E-state index in [9.17, 15) is 9.90 Å². The fraction of sp³-hybridized carbons (Fsp3) is 0.625. The second-order valence-electron chi connectivity index (χ2n) is 9.00. The van der Waals surface area contributed by atoms with Crippen molar-refractivity contribution < 1.29 is 14.6 Å². The number of fused-ring (bicyclic) bond motifs is 5. The molecule has 0 aromatic heterocycles. The molecule has 3 aliphatic rings. The molecular formula is C24H30O3. The molecule has 0 heterocycles. The summed E-state index contributed by atoms with van der Waals surface area (Å²) in [6, 6.07) is 6.18. The molecule has 0 spiro atoms. The maximum absolute atomic E-state index is 11.4. The molecule has 1 N–H and O–H groups in total. The molecule has 0 amide bonds. The predicted octanol–water partition coefficient (Wildman–Crippen LogP) is 4.61. The van der Waals surface area contributed by atoms with Gasteiger partial charge in [-0.3, -0.25) is 4.79 Å². The average Bonchev–Trinajstić information content (AvgIpc) is 2.91. The van der Waals surface area contributed by atoms with Crippen molar-refractivity contribution in [1.82, 2.24) is 0 Å². The minimum atomic E-state index is -0.634. The van der Waals surface area contributed by atoms with E-state index < -0.39 is 5.60 Å². The van der Waals surface area contributed by atoms with Gasteiger partial charge in [-0.1, -0.05) is 13.0 Å². The van der Waals surface area contributed by atoms with Gasteiger partial charge in [-0.05, 0) is 86.5 Å². The molecule has 5 atom stereocenters. The molecule has 0 aliphatic heterocycles. The molecule has 27 heavy (non-hydrogen) atoms. The molecule has 1 aromatic carbocycles. The Kier molecular flexibility index (Phi) is 4.59. The minimum Gasteiger partial charge on any atom is -0.427 e. The Balaban J connectivity index is 1.61. The number of aliphatic hydroxyl groups is 1. The fourth-order valence-electron chi connectivity index (χ4n) is 6.42. The molecule has 3 nitrogen and oxygen atoms in total. The number of esters is 1. The number of rotatable bonds is 2. The summed E-state index contributed by atoms with van der Waals surface area (Å²) in [7, 11) is 0. The van der Waals surface area contributed by atoms with E-state index in [0.717, 1.165) is 38.5 Å². The van der Waals surface area contributed by atoms with Crippen molar-refractivity contribution in [2.24, 2.45) is 17.3 Å². The molecule has 2 saturated carbocycles. The number of ether oxygens (including phenoxy) is 1. The van der Waals surface area contributed by atoms with Crippen molar-refractivity contribution in [3.63, 3.8) is 0 Å². The van der Waals surface area contributed by atoms with Gasteiger partial charge in [-0.25, -0.2) is 0 Å². The van der Waals surface area contributed by atoms with Gasteiger partial charge in [0.15, 0.2) is 0 Å². The van der Waals surface area contributed by atoms with Crippen molar-refractivity contribution >= 4 is 5.97 Å². The Morgan fingerprint density at radius 3 is 2.85 bits per heavy atom. The summed E-state index contributed by atoms with van der Waals surface area (Å²) < 4.78 is 5.28. The second-order valence-corrected chi connectivity index (χ2v) is 9.00. The van der Waals surface area contributed by atoms with Crippen LogP contribution in [0.1, 0.15) is 76.3 Å². The lowest BCUT2D eigenvalue weighted by atomic mass is 9.53. The third kappa shape index (κ3) is 2.90. The Hall–Kier alpha value is -1.79. The van der Waals surface area contributed by atoms with Gasteiger partial charge in [0.2, 0.25) is 0 Å². The van der Waals surface area contributed by atoms with Gasteiger partial charge in [0.05, 0.1) is 5.60 Å². The minimum absolute atomic E-state index is 0.0206. The van der Waals surface area contributed by atoms with Crippen molar-refractivity contribution in [2.45, 2.75) is 77.2 Å². The number of carbonyl (C=O) groups excluding carboxylic acids is 1. The van der Waals surface area contributed by atoms with Gasteiger partial charge >= 0.3 is 5.97 Å². The van der Waals surface area contributed by atoms with Crippen LogP contribution in [-0.2, 0) is 11.2 Å². The Labute approximate surface area is 162 Å². The fourth-order valence-corrected chi connectivity index (χ4v) is 6.42. The van der Waals surface area contributed by atoms with Crippen LogP contribution in [0.5, 0.6) is 5.75 Å². The summed E-state index contributed by atoms with van der Waals surface area (Å²) in [6.07, 6.45) is 6.98. The summed E-state index contributed by atoms with van der Waals surface area (Å²) in [4.78, 5) is 11.3.